The van der Waals surface area contributed by atoms with Gasteiger partial charge in [-0.15, -0.1) is 0 Å². The number of nitrogens with zero attached hydrogens (tertiary/aromatic N) is 1. The molecule has 4 nitrogen and oxygen atoms in total. The highest BCUT2D eigenvalue weighted by atomic mass is 19.1. The zero-order valence-corrected chi connectivity index (χ0v) is 12.6. The number of carbonyl (C=O) groups excluding carboxylic acids is 1. The molecule has 1 aromatic carbocycles. The predicted molar refractivity (Wildman–Crippen MR) is 77.3 cm³/mol. The first kappa shape index (κ1) is 16.4. The van der Waals surface area contributed by atoms with Crippen LogP contribution in [-0.2, 0) is 4.79 Å². The number of carbonyl (C=O) groups is 1. The van der Waals surface area contributed by atoms with Crippen LogP contribution in [0.3, 0.4) is 0 Å². The van der Waals surface area contributed by atoms with Gasteiger partial charge in [-0.25, -0.2) is 4.39 Å². The summed E-state index contributed by atoms with van der Waals surface area (Å²) in [6.45, 7) is 7.68. The quantitative estimate of drug-likeness (QED) is 0.834. The van der Waals surface area contributed by atoms with Crippen LogP contribution in [0.5, 0.6) is 5.75 Å². The van der Waals surface area contributed by atoms with Crippen molar-refractivity contribution in [3.05, 3.63) is 29.6 Å². The third-order valence-electron chi connectivity index (χ3n) is 3.30. The number of ether oxygens (including phenoxy) is 1. The van der Waals surface area contributed by atoms with Crippen molar-refractivity contribution in [1.29, 1.82) is 0 Å². The van der Waals surface area contributed by atoms with Gasteiger partial charge in [0.2, 0.25) is 5.91 Å². The van der Waals surface area contributed by atoms with Crippen molar-refractivity contribution in [3.63, 3.8) is 0 Å². The predicted octanol–water partition coefficient (Wildman–Crippen LogP) is 2.35. The Bertz CT molecular complexity index is 447. The maximum Gasteiger partial charge on any atom is 0.234 e. The fourth-order valence-electron chi connectivity index (χ4n) is 2.13. The summed E-state index contributed by atoms with van der Waals surface area (Å²) in [4.78, 5) is 14.0. The second-order valence-electron chi connectivity index (χ2n) is 4.61. The van der Waals surface area contributed by atoms with E-state index in [1.807, 2.05) is 18.7 Å². The molecule has 1 N–H and O–H groups in total. The molecule has 5 heteroatoms. The van der Waals surface area contributed by atoms with Crippen molar-refractivity contribution in [2.45, 2.75) is 26.8 Å². The van der Waals surface area contributed by atoms with E-state index in [0.29, 0.717) is 17.9 Å². The SMILES string of the molecule is CCN(CC)CC(=O)NC(C)c1c(F)cccc1OC. The highest BCUT2D eigenvalue weighted by Crippen LogP contribution is 2.27. The van der Waals surface area contributed by atoms with Gasteiger partial charge in [0.1, 0.15) is 11.6 Å². The number of hydrogen-bond donors (Lipinski definition) is 1. The summed E-state index contributed by atoms with van der Waals surface area (Å²) < 4.78 is 19.0. The van der Waals surface area contributed by atoms with E-state index >= 15 is 0 Å². The molecular formula is C15H23FN2O2. The molecule has 1 rings (SSSR count). The van der Waals surface area contributed by atoms with Crippen LogP contribution in [0, 0.1) is 5.82 Å². The van der Waals surface area contributed by atoms with Crippen LogP contribution in [0.4, 0.5) is 4.39 Å². The van der Waals surface area contributed by atoms with Gasteiger partial charge in [-0.3, -0.25) is 9.69 Å². The van der Waals surface area contributed by atoms with Gasteiger partial charge in [0.15, 0.2) is 0 Å². The minimum atomic E-state index is -0.436. The maximum atomic E-state index is 13.9. The molecule has 0 heterocycles. The maximum absolute atomic E-state index is 13.9. The normalized spacial score (nSPS) is 12.3. The summed E-state index contributed by atoms with van der Waals surface area (Å²) in [6.07, 6.45) is 0. The lowest BCUT2D eigenvalue weighted by Gasteiger charge is -2.21. The van der Waals surface area contributed by atoms with Crippen molar-refractivity contribution >= 4 is 5.91 Å². The minimum absolute atomic E-state index is 0.119. The molecule has 0 fully saturated rings. The third kappa shape index (κ3) is 4.20. The number of likely N-dealkylation sites (N-methyl/N-ethyl adjacent to an activating group) is 1. The molecule has 0 aromatic heterocycles. The Labute approximate surface area is 119 Å². The molecule has 0 radical (unpaired) electrons. The van der Waals surface area contributed by atoms with Crippen LogP contribution in [0.1, 0.15) is 32.4 Å². The van der Waals surface area contributed by atoms with Crippen LogP contribution in [0.15, 0.2) is 18.2 Å². The van der Waals surface area contributed by atoms with Crippen LogP contribution < -0.4 is 10.1 Å². The molecule has 1 unspecified atom stereocenters. The van der Waals surface area contributed by atoms with E-state index < -0.39 is 6.04 Å². The molecule has 0 aliphatic heterocycles. The number of amides is 1. The molecular weight excluding hydrogens is 259 g/mol. The standard InChI is InChI=1S/C15H23FN2O2/c1-5-18(6-2)10-14(19)17-11(3)15-12(16)8-7-9-13(15)20-4/h7-9,11H,5-6,10H2,1-4H3,(H,17,19). The third-order valence-corrected chi connectivity index (χ3v) is 3.30. The Balaban J connectivity index is 2.76. The average molecular weight is 282 g/mol. The van der Waals surface area contributed by atoms with Crippen LogP contribution in [0.2, 0.25) is 0 Å². The van der Waals surface area contributed by atoms with Gasteiger partial charge in [0.25, 0.3) is 0 Å². The van der Waals surface area contributed by atoms with E-state index in [-0.39, 0.29) is 11.7 Å². The van der Waals surface area contributed by atoms with E-state index in [1.165, 1.54) is 13.2 Å². The Kier molecular flexibility index (Phi) is 6.45. The average Bonchev–Trinajstić information content (AvgIpc) is 2.43. The molecule has 0 saturated heterocycles. The molecule has 0 spiro atoms. The van der Waals surface area contributed by atoms with Crippen LogP contribution in [-0.4, -0.2) is 37.6 Å². The first-order chi connectivity index (χ1) is 9.53. The van der Waals surface area contributed by atoms with Gasteiger partial charge in [-0.05, 0) is 32.1 Å². The first-order valence-corrected chi connectivity index (χ1v) is 6.87. The van der Waals surface area contributed by atoms with Crippen molar-refractivity contribution in [2.24, 2.45) is 0 Å². The highest BCUT2D eigenvalue weighted by molar-refractivity contribution is 5.78. The summed E-state index contributed by atoms with van der Waals surface area (Å²) in [7, 11) is 1.49. The summed E-state index contributed by atoms with van der Waals surface area (Å²) in [5, 5.41) is 2.81. The number of benzene rings is 1. The second-order valence-corrected chi connectivity index (χ2v) is 4.61. The smallest absolute Gasteiger partial charge is 0.234 e. The lowest BCUT2D eigenvalue weighted by atomic mass is 10.1. The summed E-state index contributed by atoms with van der Waals surface area (Å²) in [5.74, 6) is -0.0489. The van der Waals surface area contributed by atoms with Gasteiger partial charge >= 0.3 is 0 Å². The number of rotatable bonds is 7. The lowest BCUT2D eigenvalue weighted by Crippen LogP contribution is -2.38. The van der Waals surface area contributed by atoms with Gasteiger partial charge < -0.3 is 10.1 Å². The fourth-order valence-corrected chi connectivity index (χ4v) is 2.13. The molecule has 1 amide bonds. The summed E-state index contributed by atoms with van der Waals surface area (Å²) in [6, 6.07) is 4.20. The number of halogens is 1. The molecule has 0 bridgehead atoms. The lowest BCUT2D eigenvalue weighted by molar-refractivity contribution is -0.122. The van der Waals surface area contributed by atoms with Crippen molar-refractivity contribution in [3.8, 4) is 5.75 Å². The zero-order chi connectivity index (χ0) is 15.1. The first-order valence-electron chi connectivity index (χ1n) is 6.87. The molecule has 112 valence electrons. The fraction of sp³-hybridized carbons (Fsp3) is 0.533. The second kappa shape index (κ2) is 7.85. The van der Waals surface area contributed by atoms with Crippen LogP contribution in [0.25, 0.3) is 0 Å². The molecule has 1 aromatic rings. The number of hydrogen-bond acceptors (Lipinski definition) is 3. The minimum Gasteiger partial charge on any atom is -0.496 e. The topological polar surface area (TPSA) is 41.6 Å². The summed E-state index contributed by atoms with van der Waals surface area (Å²) in [5.41, 5.74) is 0.378. The Hall–Kier alpha value is -1.62. The van der Waals surface area contributed by atoms with Gasteiger partial charge in [-0.2, -0.15) is 0 Å². The van der Waals surface area contributed by atoms with Crippen molar-refractivity contribution < 1.29 is 13.9 Å². The molecule has 20 heavy (non-hydrogen) atoms. The molecule has 0 saturated carbocycles. The molecule has 0 aliphatic carbocycles. The Morgan fingerprint density at radius 3 is 2.60 bits per heavy atom. The zero-order valence-electron chi connectivity index (χ0n) is 12.6. The van der Waals surface area contributed by atoms with Crippen molar-refractivity contribution in [2.75, 3.05) is 26.7 Å². The number of nitrogens with one attached hydrogen (secondary N) is 1. The number of methoxy groups -OCH3 is 1. The van der Waals surface area contributed by atoms with Gasteiger partial charge in [0.05, 0.1) is 25.3 Å². The van der Waals surface area contributed by atoms with Crippen LogP contribution >= 0.6 is 0 Å². The van der Waals surface area contributed by atoms with E-state index in [9.17, 15) is 9.18 Å². The molecule has 0 aliphatic rings. The van der Waals surface area contributed by atoms with Crippen molar-refractivity contribution in [1.82, 2.24) is 10.2 Å². The highest BCUT2D eigenvalue weighted by Gasteiger charge is 2.18. The Morgan fingerprint density at radius 1 is 1.40 bits per heavy atom. The Morgan fingerprint density at radius 2 is 2.05 bits per heavy atom. The van der Waals surface area contributed by atoms with E-state index in [4.69, 9.17) is 4.74 Å². The monoisotopic (exact) mass is 282 g/mol. The van der Waals surface area contributed by atoms with Gasteiger partial charge in [0, 0.05) is 0 Å². The van der Waals surface area contributed by atoms with Gasteiger partial charge in [-0.1, -0.05) is 19.9 Å². The largest absolute Gasteiger partial charge is 0.496 e. The van der Waals surface area contributed by atoms with E-state index in [1.54, 1.807) is 19.1 Å². The van der Waals surface area contributed by atoms with E-state index in [2.05, 4.69) is 5.32 Å². The summed E-state index contributed by atoms with van der Waals surface area (Å²) >= 11 is 0. The van der Waals surface area contributed by atoms with E-state index in [0.717, 1.165) is 13.1 Å². The molecule has 1 atom stereocenters.